The monoisotopic (exact) mass is 483 g/mol. The molecule has 0 aliphatic rings. The number of carbonyl (C=O) groups is 3. The molecular weight excluding hydrogens is 446 g/mol. The van der Waals surface area contributed by atoms with E-state index in [1.807, 2.05) is 74.5 Å². The molecule has 0 spiro atoms. The predicted octanol–water partition coefficient (Wildman–Crippen LogP) is 5.53. The van der Waals surface area contributed by atoms with Gasteiger partial charge in [-0.25, -0.2) is 14.4 Å². The molecule has 35 heavy (non-hydrogen) atoms. The highest BCUT2D eigenvalue weighted by Crippen LogP contribution is 2.27. The molecule has 2 aromatic rings. The summed E-state index contributed by atoms with van der Waals surface area (Å²) < 4.78 is 16.7. The quantitative estimate of drug-likeness (QED) is 0.344. The van der Waals surface area contributed by atoms with E-state index in [1.54, 1.807) is 20.8 Å². The fourth-order valence-corrected chi connectivity index (χ4v) is 3.42. The number of amides is 1. The van der Waals surface area contributed by atoms with E-state index < -0.39 is 41.9 Å². The van der Waals surface area contributed by atoms with Crippen LogP contribution in [0.1, 0.15) is 65.2 Å². The van der Waals surface area contributed by atoms with Gasteiger partial charge in [-0.2, -0.15) is 0 Å². The highest BCUT2D eigenvalue weighted by Gasteiger charge is 2.34. The van der Waals surface area contributed by atoms with Gasteiger partial charge < -0.3 is 14.2 Å². The molecule has 2 atom stereocenters. The Balaban J connectivity index is 2.15. The minimum absolute atomic E-state index is 0.0974. The SMILES string of the molecule is CC(C)C[C@@H](C(=O)O[C@H](C)C(=O)OC(c1ccccc1)c1ccccc1)N(C)C(=O)OC(C)(C)C. The Labute approximate surface area is 208 Å². The summed E-state index contributed by atoms with van der Waals surface area (Å²) in [5.41, 5.74) is 0.888. The average molecular weight is 484 g/mol. The van der Waals surface area contributed by atoms with Gasteiger partial charge in [0.2, 0.25) is 0 Å². The molecule has 0 aliphatic carbocycles. The van der Waals surface area contributed by atoms with Crippen molar-refractivity contribution in [2.75, 3.05) is 7.05 Å². The maximum Gasteiger partial charge on any atom is 0.410 e. The number of benzene rings is 2. The van der Waals surface area contributed by atoms with Crippen LogP contribution in [0.5, 0.6) is 0 Å². The summed E-state index contributed by atoms with van der Waals surface area (Å²) >= 11 is 0. The lowest BCUT2D eigenvalue weighted by atomic mass is 10.0. The molecule has 2 rings (SSSR count). The minimum Gasteiger partial charge on any atom is -0.450 e. The van der Waals surface area contributed by atoms with Gasteiger partial charge in [0.25, 0.3) is 0 Å². The molecular formula is C28H37NO6. The van der Waals surface area contributed by atoms with E-state index in [0.29, 0.717) is 6.42 Å². The molecule has 0 bridgehead atoms. The number of hydrogen-bond donors (Lipinski definition) is 0. The van der Waals surface area contributed by atoms with Crippen LogP contribution in [0.4, 0.5) is 4.79 Å². The van der Waals surface area contributed by atoms with E-state index in [0.717, 1.165) is 11.1 Å². The van der Waals surface area contributed by atoms with Crippen molar-refractivity contribution in [3.63, 3.8) is 0 Å². The second-order valence-corrected chi connectivity index (χ2v) is 9.95. The Morgan fingerprint density at radius 2 is 1.29 bits per heavy atom. The summed E-state index contributed by atoms with van der Waals surface area (Å²) in [6, 6.07) is 17.8. The van der Waals surface area contributed by atoms with Crippen LogP contribution in [-0.2, 0) is 23.8 Å². The van der Waals surface area contributed by atoms with Crippen molar-refractivity contribution in [2.45, 2.75) is 71.8 Å². The van der Waals surface area contributed by atoms with Crippen molar-refractivity contribution in [3.05, 3.63) is 71.8 Å². The second-order valence-electron chi connectivity index (χ2n) is 9.95. The van der Waals surface area contributed by atoms with E-state index in [9.17, 15) is 14.4 Å². The first kappa shape index (κ1) is 27.9. The highest BCUT2D eigenvalue weighted by molar-refractivity contribution is 5.84. The fourth-order valence-electron chi connectivity index (χ4n) is 3.42. The summed E-state index contributed by atoms with van der Waals surface area (Å²) in [5.74, 6) is -1.27. The normalized spacial score (nSPS) is 13.2. The van der Waals surface area contributed by atoms with Crippen molar-refractivity contribution in [2.24, 2.45) is 5.92 Å². The van der Waals surface area contributed by atoms with E-state index in [-0.39, 0.29) is 5.92 Å². The smallest absolute Gasteiger partial charge is 0.410 e. The molecule has 0 N–H and O–H groups in total. The number of hydrogen-bond acceptors (Lipinski definition) is 6. The van der Waals surface area contributed by atoms with E-state index in [1.165, 1.54) is 18.9 Å². The summed E-state index contributed by atoms with van der Waals surface area (Å²) in [4.78, 5) is 39.8. The molecule has 7 nitrogen and oxygen atoms in total. The number of rotatable bonds is 9. The number of carbonyl (C=O) groups excluding carboxylic acids is 3. The topological polar surface area (TPSA) is 82.1 Å². The summed E-state index contributed by atoms with van der Waals surface area (Å²) in [7, 11) is 1.49. The molecule has 7 heteroatoms. The first-order chi connectivity index (χ1) is 16.4. The number of ether oxygens (including phenoxy) is 3. The fraction of sp³-hybridized carbons (Fsp3) is 0.464. The van der Waals surface area contributed by atoms with Crippen molar-refractivity contribution in [1.29, 1.82) is 0 Å². The molecule has 0 saturated carbocycles. The largest absolute Gasteiger partial charge is 0.450 e. The van der Waals surface area contributed by atoms with Gasteiger partial charge in [-0.1, -0.05) is 74.5 Å². The lowest BCUT2D eigenvalue weighted by Gasteiger charge is -2.31. The van der Waals surface area contributed by atoms with Gasteiger partial charge in [0.1, 0.15) is 11.6 Å². The first-order valence-corrected chi connectivity index (χ1v) is 11.9. The summed E-state index contributed by atoms with van der Waals surface area (Å²) in [6.45, 7) is 10.6. The predicted molar refractivity (Wildman–Crippen MR) is 134 cm³/mol. The van der Waals surface area contributed by atoms with E-state index in [2.05, 4.69) is 0 Å². The van der Waals surface area contributed by atoms with Gasteiger partial charge in [0.15, 0.2) is 12.2 Å². The number of nitrogens with zero attached hydrogens (tertiary/aromatic N) is 1. The lowest BCUT2D eigenvalue weighted by Crippen LogP contribution is -2.47. The molecule has 1 amide bonds. The van der Waals surface area contributed by atoms with Gasteiger partial charge in [-0.05, 0) is 51.2 Å². The van der Waals surface area contributed by atoms with Crippen molar-refractivity contribution < 1.29 is 28.6 Å². The van der Waals surface area contributed by atoms with Crippen LogP contribution in [0.2, 0.25) is 0 Å². The van der Waals surface area contributed by atoms with Gasteiger partial charge in [0.05, 0.1) is 0 Å². The maximum atomic E-state index is 13.1. The van der Waals surface area contributed by atoms with Gasteiger partial charge in [-0.15, -0.1) is 0 Å². The maximum absolute atomic E-state index is 13.1. The van der Waals surface area contributed by atoms with Crippen molar-refractivity contribution in [1.82, 2.24) is 4.90 Å². The van der Waals surface area contributed by atoms with Crippen molar-refractivity contribution in [3.8, 4) is 0 Å². The molecule has 0 saturated heterocycles. The third-order valence-corrected chi connectivity index (χ3v) is 5.18. The van der Waals surface area contributed by atoms with Crippen LogP contribution in [-0.4, -0.2) is 47.7 Å². The number of likely N-dealkylation sites (N-methyl/N-ethyl adjacent to an activating group) is 1. The molecule has 0 aliphatic heterocycles. The van der Waals surface area contributed by atoms with Crippen LogP contribution in [0.3, 0.4) is 0 Å². The van der Waals surface area contributed by atoms with Gasteiger partial charge >= 0.3 is 18.0 Å². The Morgan fingerprint density at radius 3 is 1.71 bits per heavy atom. The Kier molecular flexibility index (Phi) is 9.87. The first-order valence-electron chi connectivity index (χ1n) is 11.9. The average Bonchev–Trinajstić information content (AvgIpc) is 2.80. The van der Waals surface area contributed by atoms with Gasteiger partial charge in [0, 0.05) is 7.05 Å². The number of esters is 2. The zero-order valence-corrected chi connectivity index (χ0v) is 21.7. The zero-order valence-electron chi connectivity index (χ0n) is 21.7. The molecule has 0 aromatic heterocycles. The van der Waals surface area contributed by atoms with E-state index >= 15 is 0 Å². The Hall–Kier alpha value is -3.35. The molecule has 0 unspecified atom stereocenters. The lowest BCUT2D eigenvalue weighted by molar-refractivity contribution is -0.172. The molecule has 190 valence electrons. The Bertz CT molecular complexity index is 928. The second kappa shape index (κ2) is 12.4. The Morgan fingerprint density at radius 1 is 0.800 bits per heavy atom. The van der Waals surface area contributed by atoms with Crippen LogP contribution >= 0.6 is 0 Å². The molecule has 0 radical (unpaired) electrons. The van der Waals surface area contributed by atoms with E-state index in [4.69, 9.17) is 14.2 Å². The van der Waals surface area contributed by atoms with Crippen LogP contribution < -0.4 is 0 Å². The van der Waals surface area contributed by atoms with Crippen molar-refractivity contribution >= 4 is 18.0 Å². The molecule has 0 heterocycles. The third-order valence-electron chi connectivity index (χ3n) is 5.18. The summed E-state index contributed by atoms with van der Waals surface area (Å²) in [5, 5.41) is 0. The van der Waals surface area contributed by atoms with Crippen LogP contribution in [0, 0.1) is 5.92 Å². The molecule has 2 aromatic carbocycles. The summed E-state index contributed by atoms with van der Waals surface area (Å²) in [6.07, 6.45) is -2.10. The van der Waals surface area contributed by atoms with Crippen LogP contribution in [0.15, 0.2) is 60.7 Å². The van der Waals surface area contributed by atoms with Gasteiger partial charge in [-0.3, -0.25) is 4.90 Å². The zero-order chi connectivity index (χ0) is 26.2. The minimum atomic E-state index is -1.17. The highest BCUT2D eigenvalue weighted by atomic mass is 16.6. The third kappa shape index (κ3) is 8.74. The standard InChI is InChI=1S/C28H37NO6/c1-19(2)18-23(29(7)27(32)35-28(4,5)6)26(31)33-20(3)25(30)34-24(21-14-10-8-11-15-21)22-16-12-9-13-17-22/h8-17,19-20,23-24H,18H2,1-7H3/t20-,23+/m1/s1. The van der Waals surface area contributed by atoms with Crippen LogP contribution in [0.25, 0.3) is 0 Å². The molecule has 0 fully saturated rings.